The highest BCUT2D eigenvalue weighted by molar-refractivity contribution is 5.84. The van der Waals surface area contributed by atoms with Crippen LogP contribution in [-0.4, -0.2) is 24.4 Å². The van der Waals surface area contributed by atoms with E-state index < -0.39 is 0 Å². The van der Waals surface area contributed by atoms with E-state index in [1.165, 1.54) is 0 Å². The van der Waals surface area contributed by atoms with Gasteiger partial charge in [0.05, 0.1) is 6.04 Å². The van der Waals surface area contributed by atoms with Crippen molar-refractivity contribution in [3.63, 3.8) is 0 Å². The zero-order valence-electron chi connectivity index (χ0n) is 8.31. The van der Waals surface area contributed by atoms with Gasteiger partial charge in [-0.25, -0.2) is 0 Å². The van der Waals surface area contributed by atoms with Gasteiger partial charge < -0.3 is 10.6 Å². The van der Waals surface area contributed by atoms with Crippen LogP contribution in [0.2, 0.25) is 0 Å². The molecular formula is C9H16N2O2. The van der Waals surface area contributed by atoms with E-state index in [4.69, 9.17) is 0 Å². The lowest BCUT2D eigenvalue weighted by atomic mass is 9.95. The first-order valence-corrected chi connectivity index (χ1v) is 4.47. The number of rotatable bonds is 1. The summed E-state index contributed by atoms with van der Waals surface area (Å²) < 4.78 is 0. The Kier molecular flexibility index (Phi) is 2.59. The van der Waals surface area contributed by atoms with E-state index in [-0.39, 0.29) is 23.3 Å². The second-order valence-electron chi connectivity index (χ2n) is 4.43. The first-order valence-electron chi connectivity index (χ1n) is 4.47. The monoisotopic (exact) mass is 184 g/mol. The van der Waals surface area contributed by atoms with Crippen LogP contribution >= 0.6 is 0 Å². The molecule has 0 aliphatic carbocycles. The van der Waals surface area contributed by atoms with Crippen molar-refractivity contribution < 1.29 is 9.59 Å². The van der Waals surface area contributed by atoms with Crippen LogP contribution in [-0.2, 0) is 9.59 Å². The number of carbonyl (C=O) groups is 2. The summed E-state index contributed by atoms with van der Waals surface area (Å²) in [5, 5.41) is 5.50. The summed E-state index contributed by atoms with van der Waals surface area (Å²) in [6.07, 6.45) is 0.405. The van der Waals surface area contributed by atoms with Crippen molar-refractivity contribution in [2.75, 3.05) is 6.54 Å². The molecule has 1 aliphatic rings. The van der Waals surface area contributed by atoms with Gasteiger partial charge in [-0.2, -0.15) is 0 Å². The van der Waals surface area contributed by atoms with Crippen molar-refractivity contribution in [2.45, 2.75) is 33.2 Å². The SMILES string of the molecule is CC(C)(C)C(=O)N[C@H]1CNC(=O)C1. The summed E-state index contributed by atoms with van der Waals surface area (Å²) in [5.41, 5.74) is -0.383. The molecule has 4 nitrogen and oxygen atoms in total. The van der Waals surface area contributed by atoms with E-state index in [0.717, 1.165) is 0 Å². The van der Waals surface area contributed by atoms with Crippen molar-refractivity contribution >= 4 is 11.8 Å². The van der Waals surface area contributed by atoms with Crippen LogP contribution in [0.4, 0.5) is 0 Å². The molecule has 4 heteroatoms. The third kappa shape index (κ3) is 2.72. The van der Waals surface area contributed by atoms with E-state index in [1.54, 1.807) is 0 Å². The van der Waals surface area contributed by atoms with Gasteiger partial charge in [-0.3, -0.25) is 9.59 Å². The molecule has 0 spiro atoms. The lowest BCUT2D eigenvalue weighted by Crippen LogP contribution is -2.42. The fourth-order valence-corrected chi connectivity index (χ4v) is 1.11. The quantitative estimate of drug-likeness (QED) is 0.604. The third-order valence-corrected chi connectivity index (χ3v) is 1.99. The van der Waals surface area contributed by atoms with E-state index in [2.05, 4.69) is 10.6 Å². The Labute approximate surface area is 78.1 Å². The van der Waals surface area contributed by atoms with E-state index in [0.29, 0.717) is 13.0 Å². The van der Waals surface area contributed by atoms with Crippen LogP contribution in [0.25, 0.3) is 0 Å². The Balaban J connectivity index is 2.42. The first-order chi connectivity index (χ1) is 5.89. The van der Waals surface area contributed by atoms with Crippen LogP contribution in [0.5, 0.6) is 0 Å². The van der Waals surface area contributed by atoms with Gasteiger partial charge in [0.1, 0.15) is 0 Å². The summed E-state index contributed by atoms with van der Waals surface area (Å²) >= 11 is 0. The standard InChI is InChI=1S/C9H16N2O2/c1-9(2,3)8(13)11-6-4-7(12)10-5-6/h6H,4-5H2,1-3H3,(H,10,12)(H,11,13)/t6-/m1/s1. The number of nitrogens with one attached hydrogen (secondary N) is 2. The predicted molar refractivity (Wildman–Crippen MR) is 49.0 cm³/mol. The number of carbonyl (C=O) groups excluding carboxylic acids is 2. The summed E-state index contributed by atoms with van der Waals surface area (Å²) in [7, 11) is 0. The Morgan fingerprint density at radius 3 is 2.54 bits per heavy atom. The molecule has 0 aromatic carbocycles. The number of amides is 2. The Morgan fingerprint density at radius 1 is 1.54 bits per heavy atom. The molecule has 1 fully saturated rings. The molecule has 2 amide bonds. The summed E-state index contributed by atoms with van der Waals surface area (Å²) in [5.74, 6) is 0.00760. The zero-order valence-corrected chi connectivity index (χ0v) is 8.31. The van der Waals surface area contributed by atoms with Gasteiger partial charge in [-0.15, -0.1) is 0 Å². The van der Waals surface area contributed by atoms with Crippen LogP contribution < -0.4 is 10.6 Å². The van der Waals surface area contributed by atoms with Crippen LogP contribution in [0.15, 0.2) is 0 Å². The highest BCUT2D eigenvalue weighted by Gasteiger charge is 2.27. The molecule has 1 rings (SSSR count). The summed E-state index contributed by atoms with van der Waals surface area (Å²) in [6, 6.07) is -0.0285. The average Bonchev–Trinajstić information content (AvgIpc) is 2.33. The Bertz CT molecular complexity index is 230. The van der Waals surface area contributed by atoms with Crippen molar-refractivity contribution in [1.82, 2.24) is 10.6 Å². The highest BCUT2D eigenvalue weighted by atomic mass is 16.2. The van der Waals surface area contributed by atoms with Gasteiger partial charge in [0.25, 0.3) is 0 Å². The second kappa shape index (κ2) is 3.36. The molecule has 0 aromatic heterocycles. The maximum atomic E-state index is 11.5. The molecule has 0 unspecified atom stereocenters. The fourth-order valence-electron chi connectivity index (χ4n) is 1.11. The van der Waals surface area contributed by atoms with Crippen LogP contribution in [0, 0.1) is 5.41 Å². The van der Waals surface area contributed by atoms with E-state index >= 15 is 0 Å². The first kappa shape index (κ1) is 10.0. The molecule has 1 saturated heterocycles. The molecule has 0 saturated carbocycles. The number of hydrogen-bond donors (Lipinski definition) is 2. The Hall–Kier alpha value is -1.06. The molecule has 13 heavy (non-hydrogen) atoms. The van der Waals surface area contributed by atoms with Crippen molar-refractivity contribution in [1.29, 1.82) is 0 Å². The minimum Gasteiger partial charge on any atom is -0.354 e. The van der Waals surface area contributed by atoms with Crippen molar-refractivity contribution in [2.24, 2.45) is 5.41 Å². The summed E-state index contributed by atoms with van der Waals surface area (Å²) in [6.45, 7) is 6.12. The van der Waals surface area contributed by atoms with Gasteiger partial charge in [-0.05, 0) is 0 Å². The predicted octanol–water partition coefficient (Wildman–Crippen LogP) is 0.0372. The molecule has 0 aromatic rings. The molecular weight excluding hydrogens is 168 g/mol. The minimum absolute atomic E-state index is 0.00556. The second-order valence-corrected chi connectivity index (χ2v) is 4.43. The van der Waals surface area contributed by atoms with Crippen molar-refractivity contribution in [3.05, 3.63) is 0 Å². The molecule has 74 valence electrons. The highest BCUT2D eigenvalue weighted by Crippen LogP contribution is 2.13. The third-order valence-electron chi connectivity index (χ3n) is 1.99. The van der Waals surface area contributed by atoms with Gasteiger partial charge in [0.2, 0.25) is 11.8 Å². The van der Waals surface area contributed by atoms with Gasteiger partial charge in [0, 0.05) is 18.4 Å². The van der Waals surface area contributed by atoms with Crippen LogP contribution in [0.1, 0.15) is 27.2 Å². The van der Waals surface area contributed by atoms with E-state index in [9.17, 15) is 9.59 Å². The van der Waals surface area contributed by atoms with Crippen molar-refractivity contribution in [3.8, 4) is 0 Å². The molecule has 1 atom stereocenters. The summed E-state index contributed by atoms with van der Waals surface area (Å²) in [4.78, 5) is 22.3. The maximum absolute atomic E-state index is 11.5. The molecule has 0 radical (unpaired) electrons. The largest absolute Gasteiger partial charge is 0.354 e. The smallest absolute Gasteiger partial charge is 0.225 e. The molecule has 0 bridgehead atoms. The van der Waals surface area contributed by atoms with Gasteiger partial charge >= 0.3 is 0 Å². The van der Waals surface area contributed by atoms with E-state index in [1.807, 2.05) is 20.8 Å². The van der Waals surface area contributed by atoms with Gasteiger partial charge in [0.15, 0.2) is 0 Å². The Morgan fingerprint density at radius 2 is 2.15 bits per heavy atom. The number of hydrogen-bond acceptors (Lipinski definition) is 2. The fraction of sp³-hybridized carbons (Fsp3) is 0.778. The maximum Gasteiger partial charge on any atom is 0.225 e. The normalized spacial score (nSPS) is 22.7. The minimum atomic E-state index is -0.383. The average molecular weight is 184 g/mol. The zero-order chi connectivity index (χ0) is 10.1. The lowest BCUT2D eigenvalue weighted by molar-refractivity contribution is -0.129. The molecule has 1 heterocycles. The molecule has 1 aliphatic heterocycles. The molecule has 2 N–H and O–H groups in total. The van der Waals surface area contributed by atoms with Gasteiger partial charge in [-0.1, -0.05) is 20.8 Å². The lowest BCUT2D eigenvalue weighted by Gasteiger charge is -2.20. The van der Waals surface area contributed by atoms with Crippen LogP contribution in [0.3, 0.4) is 0 Å². The topological polar surface area (TPSA) is 58.2 Å².